The number of rotatable bonds is 9. The molecule has 0 fully saturated rings. The van der Waals surface area contributed by atoms with Gasteiger partial charge in [0.25, 0.3) is 0 Å². The van der Waals surface area contributed by atoms with Crippen molar-refractivity contribution in [2.24, 2.45) is 0 Å². The fourth-order valence-corrected chi connectivity index (χ4v) is 3.74. The number of benzene rings is 3. The quantitative estimate of drug-likeness (QED) is 0.0731. The second-order valence-corrected chi connectivity index (χ2v) is 8.55. The van der Waals surface area contributed by atoms with Crippen LogP contribution in [-0.4, -0.2) is 16.8 Å². The Hall–Kier alpha value is -3.20. The number of halogens is 5. The number of aromatic carboxylic acids is 1. The number of carbonyl (C=O) groups is 2. The van der Waals surface area contributed by atoms with Gasteiger partial charge in [0.05, 0.1) is 11.7 Å². The standard InChI is InChI=1S/C22H15F5NO7P.Li/c23-16-17(24)19(26)21(20(27)18(16)25)34-15(29)10-3-11-1-6-13(7-2-11)28-36(32,33)35-14-8-4-12(5-9-14)22(30)31;/h1-2,4-9H,3,10H2,(H,30,31)(H2,28,32,33);/q;+1/p-1. The maximum atomic E-state index is 13.6. The van der Waals surface area contributed by atoms with Gasteiger partial charge in [-0.3, -0.25) is 9.32 Å². The molecule has 3 rings (SSSR count). The summed E-state index contributed by atoms with van der Waals surface area (Å²) in [5.41, 5.74) is 0.427. The molecule has 0 aliphatic rings. The molecular formula is C22H14F5LiNO7P. The molecule has 3 aromatic carbocycles. The van der Waals surface area contributed by atoms with E-state index in [1.165, 1.54) is 24.3 Å². The van der Waals surface area contributed by atoms with Crippen LogP contribution in [-0.2, 0) is 11.2 Å². The van der Waals surface area contributed by atoms with E-state index in [1.54, 1.807) is 0 Å². The second-order valence-electron chi connectivity index (χ2n) is 7.11. The Kier molecular flexibility index (Phi) is 10.0. The molecular weight excluding hydrogens is 523 g/mol. The SMILES string of the molecule is O=C(CCc1ccc(N[P+]([O-])(O)Oc2ccc(C(=O)[O-])cc2)cc1)Oc1c(F)c(F)c(F)c(F)c1F.[Li+]. The normalized spacial score (nSPS) is 12.2. The van der Waals surface area contributed by atoms with Crippen molar-refractivity contribution in [2.45, 2.75) is 12.8 Å². The number of carboxylic acid groups (broad SMARTS) is 1. The Morgan fingerprint density at radius 1 is 0.865 bits per heavy atom. The van der Waals surface area contributed by atoms with E-state index >= 15 is 0 Å². The molecule has 0 heterocycles. The van der Waals surface area contributed by atoms with Crippen LogP contribution in [0.4, 0.5) is 27.6 Å². The van der Waals surface area contributed by atoms with E-state index < -0.39 is 61.3 Å². The summed E-state index contributed by atoms with van der Waals surface area (Å²) in [6.45, 7) is 0. The number of aryl methyl sites for hydroxylation is 1. The number of esters is 1. The molecule has 0 aliphatic carbocycles. The van der Waals surface area contributed by atoms with Gasteiger partial charge in [0.1, 0.15) is 0 Å². The Bertz CT molecular complexity index is 1270. The molecule has 1 unspecified atom stereocenters. The molecule has 0 bridgehead atoms. The van der Waals surface area contributed by atoms with Gasteiger partial charge in [0.2, 0.25) is 34.8 Å². The summed E-state index contributed by atoms with van der Waals surface area (Å²) in [6.07, 6.45) is -0.553. The summed E-state index contributed by atoms with van der Waals surface area (Å²) in [4.78, 5) is 44.8. The van der Waals surface area contributed by atoms with Crippen LogP contribution in [0.5, 0.6) is 11.5 Å². The molecule has 2 N–H and O–H groups in total. The first-order valence-electron chi connectivity index (χ1n) is 9.81. The van der Waals surface area contributed by atoms with Crippen molar-refractivity contribution in [2.75, 3.05) is 5.09 Å². The van der Waals surface area contributed by atoms with E-state index in [2.05, 4.69) is 9.82 Å². The van der Waals surface area contributed by atoms with Gasteiger partial charge in [-0.05, 0) is 53.9 Å². The van der Waals surface area contributed by atoms with Crippen LogP contribution in [0.2, 0.25) is 0 Å². The van der Waals surface area contributed by atoms with E-state index in [9.17, 15) is 46.4 Å². The molecule has 0 aliphatic heterocycles. The first-order chi connectivity index (χ1) is 16.9. The van der Waals surface area contributed by atoms with Gasteiger partial charge < -0.3 is 19.5 Å². The maximum absolute atomic E-state index is 13.6. The predicted molar refractivity (Wildman–Crippen MR) is 111 cm³/mol. The number of ether oxygens (including phenoxy) is 1. The van der Waals surface area contributed by atoms with E-state index in [4.69, 9.17) is 4.52 Å². The molecule has 0 saturated carbocycles. The van der Waals surface area contributed by atoms with Crippen molar-refractivity contribution >= 4 is 25.7 Å². The molecule has 0 radical (unpaired) electrons. The summed E-state index contributed by atoms with van der Waals surface area (Å²) in [6, 6.07) is 10.1. The number of carboxylic acids is 1. The summed E-state index contributed by atoms with van der Waals surface area (Å²) >= 11 is 0. The number of carbonyl (C=O) groups excluding carboxylic acids is 2. The summed E-state index contributed by atoms with van der Waals surface area (Å²) in [7, 11) is -4.43. The molecule has 37 heavy (non-hydrogen) atoms. The minimum Gasteiger partial charge on any atom is -0.604 e. The van der Waals surface area contributed by atoms with Crippen LogP contribution >= 0.6 is 8.09 Å². The van der Waals surface area contributed by atoms with Gasteiger partial charge in [-0.2, -0.15) is 13.7 Å². The first kappa shape index (κ1) is 30.0. The molecule has 0 saturated heterocycles. The third-order valence-corrected chi connectivity index (χ3v) is 5.55. The molecule has 1 atom stereocenters. The molecule has 0 spiro atoms. The van der Waals surface area contributed by atoms with E-state index in [0.29, 0.717) is 5.56 Å². The van der Waals surface area contributed by atoms with Gasteiger partial charge in [0.15, 0.2) is 5.75 Å². The monoisotopic (exact) mass is 537 g/mol. The zero-order chi connectivity index (χ0) is 26.6. The van der Waals surface area contributed by atoms with Crippen molar-refractivity contribution in [1.29, 1.82) is 0 Å². The largest absolute Gasteiger partial charge is 1.00 e. The predicted octanol–water partition coefficient (Wildman–Crippen LogP) is -0.191. The fourth-order valence-electron chi connectivity index (χ4n) is 2.81. The van der Waals surface area contributed by atoms with Gasteiger partial charge in [-0.15, -0.1) is 0 Å². The zero-order valence-corrected chi connectivity index (χ0v) is 19.7. The van der Waals surface area contributed by atoms with Crippen molar-refractivity contribution in [1.82, 2.24) is 0 Å². The number of nitrogens with one attached hydrogen (secondary N) is 1. The van der Waals surface area contributed by atoms with Crippen LogP contribution in [0.25, 0.3) is 0 Å². The average molecular weight is 537 g/mol. The average Bonchev–Trinajstić information content (AvgIpc) is 2.83. The van der Waals surface area contributed by atoms with Crippen molar-refractivity contribution < 1.29 is 74.6 Å². The number of hydrogen-bond acceptors (Lipinski definition) is 8. The van der Waals surface area contributed by atoms with Gasteiger partial charge in [-0.25, -0.2) is 18.3 Å². The second kappa shape index (κ2) is 12.4. The van der Waals surface area contributed by atoms with Crippen LogP contribution in [0.3, 0.4) is 0 Å². The third kappa shape index (κ3) is 7.64. The molecule has 0 amide bonds. The van der Waals surface area contributed by atoms with Crippen LogP contribution < -0.4 is 43.2 Å². The van der Waals surface area contributed by atoms with Gasteiger partial charge in [-0.1, -0.05) is 12.1 Å². The van der Waals surface area contributed by atoms with Gasteiger partial charge >= 0.3 is 32.9 Å². The van der Waals surface area contributed by atoms with E-state index in [0.717, 1.165) is 24.3 Å². The number of hydrogen-bond donors (Lipinski definition) is 2. The minimum atomic E-state index is -4.43. The smallest absolute Gasteiger partial charge is 0.604 e. The third-order valence-electron chi connectivity index (χ3n) is 4.55. The topological polar surface area (TPSA) is 131 Å². The Morgan fingerprint density at radius 3 is 1.89 bits per heavy atom. The maximum Gasteiger partial charge on any atom is 1.00 e. The molecule has 8 nitrogen and oxygen atoms in total. The van der Waals surface area contributed by atoms with Gasteiger partial charge in [0, 0.05) is 6.42 Å². The van der Waals surface area contributed by atoms with Crippen molar-refractivity contribution in [3.05, 3.63) is 88.7 Å². The molecule has 3 aromatic rings. The molecule has 15 heteroatoms. The Balaban J connectivity index is 0.00000481. The molecule has 0 aromatic heterocycles. The molecule has 190 valence electrons. The first-order valence-corrected chi connectivity index (χ1v) is 11.4. The van der Waals surface area contributed by atoms with Crippen LogP contribution in [0.1, 0.15) is 22.3 Å². The van der Waals surface area contributed by atoms with Crippen molar-refractivity contribution in [3.8, 4) is 11.5 Å². The number of anilines is 1. The van der Waals surface area contributed by atoms with Crippen LogP contribution in [0.15, 0.2) is 48.5 Å². The minimum absolute atomic E-state index is 0. The Labute approximate surface area is 218 Å². The summed E-state index contributed by atoms with van der Waals surface area (Å²) < 4.78 is 75.9. The summed E-state index contributed by atoms with van der Waals surface area (Å²) in [5.74, 6) is -15.9. The summed E-state index contributed by atoms with van der Waals surface area (Å²) in [5, 5.41) is 13.0. The van der Waals surface area contributed by atoms with E-state index in [-0.39, 0.29) is 42.3 Å². The fraction of sp³-hybridized carbons (Fsp3) is 0.0909. The Morgan fingerprint density at radius 2 is 1.38 bits per heavy atom. The van der Waals surface area contributed by atoms with Crippen LogP contribution in [0, 0.1) is 29.1 Å². The zero-order valence-electron chi connectivity index (χ0n) is 18.8. The van der Waals surface area contributed by atoms with Crippen molar-refractivity contribution in [3.63, 3.8) is 0 Å². The van der Waals surface area contributed by atoms with E-state index in [1.807, 2.05) is 0 Å².